The molecule has 0 spiro atoms. The second kappa shape index (κ2) is 3.50. The van der Waals surface area contributed by atoms with E-state index < -0.39 is 17.2 Å². The summed E-state index contributed by atoms with van der Waals surface area (Å²) in [6.45, 7) is 13.3. The molecule has 0 fully saturated rings. The van der Waals surface area contributed by atoms with Crippen LogP contribution in [0.25, 0.3) is 0 Å². The normalized spacial score (nSPS) is 12.7. The highest BCUT2D eigenvalue weighted by atomic mass is 28.4. The van der Waals surface area contributed by atoms with E-state index in [9.17, 15) is 0 Å². The maximum absolute atomic E-state index is 3.88. The van der Waals surface area contributed by atoms with Crippen molar-refractivity contribution in [3.8, 4) is 0 Å². The summed E-state index contributed by atoms with van der Waals surface area (Å²) in [5.74, 6) is 0. The van der Waals surface area contributed by atoms with E-state index in [1.54, 1.807) is 0 Å². The minimum atomic E-state index is -1.18. The summed E-state index contributed by atoms with van der Waals surface area (Å²) in [6.07, 6.45) is 0. The monoisotopic (exact) mass is 173 g/mol. The third kappa shape index (κ3) is 2.40. The van der Waals surface area contributed by atoms with Gasteiger partial charge in [-0.05, 0) is 7.05 Å². The fraction of sp³-hybridized carbons (Fsp3) is 0.714. The molecule has 0 aliphatic rings. The van der Waals surface area contributed by atoms with Crippen molar-refractivity contribution in [3.05, 3.63) is 12.3 Å². The van der Waals surface area contributed by atoms with Gasteiger partial charge in [-0.3, -0.25) is 0 Å². The Morgan fingerprint density at radius 3 is 1.90 bits per heavy atom. The summed E-state index contributed by atoms with van der Waals surface area (Å²) >= 11 is 0. The van der Waals surface area contributed by atoms with Crippen molar-refractivity contribution in [1.82, 2.24) is 4.23 Å². The number of hydrogen-bond acceptors (Lipinski definition) is 1. The Bertz CT molecular complexity index is 121. The van der Waals surface area contributed by atoms with Gasteiger partial charge >= 0.3 is 0 Å². The zero-order valence-electron chi connectivity index (χ0n) is 7.81. The van der Waals surface area contributed by atoms with Gasteiger partial charge in [-0.15, -0.1) is 6.58 Å². The molecular formula is C7H19NSi2. The van der Waals surface area contributed by atoms with Crippen LogP contribution in [0.1, 0.15) is 0 Å². The molecular weight excluding hydrogens is 154 g/mol. The van der Waals surface area contributed by atoms with Crippen LogP contribution in [0.2, 0.25) is 26.2 Å². The van der Waals surface area contributed by atoms with Crippen molar-refractivity contribution in [3.63, 3.8) is 0 Å². The quantitative estimate of drug-likeness (QED) is 0.589. The molecule has 0 aromatic rings. The first-order valence-corrected chi connectivity index (χ1v) is 9.63. The van der Waals surface area contributed by atoms with Crippen molar-refractivity contribution < 1.29 is 0 Å². The van der Waals surface area contributed by atoms with Crippen molar-refractivity contribution in [2.45, 2.75) is 26.2 Å². The van der Waals surface area contributed by atoms with E-state index in [4.69, 9.17) is 0 Å². The largest absolute Gasteiger partial charge is 0.348 e. The fourth-order valence-electron chi connectivity index (χ4n) is 0.809. The van der Waals surface area contributed by atoms with Crippen LogP contribution < -0.4 is 0 Å². The molecule has 1 nitrogen and oxygen atoms in total. The minimum absolute atomic E-state index is 0.583. The molecule has 0 amide bonds. The molecule has 0 heterocycles. The van der Waals surface area contributed by atoms with Gasteiger partial charge in [0.1, 0.15) is 8.24 Å². The Balaban J connectivity index is 4.17. The molecule has 10 heavy (non-hydrogen) atoms. The maximum atomic E-state index is 3.88. The fourth-order valence-corrected chi connectivity index (χ4v) is 6.74. The van der Waals surface area contributed by atoms with Crippen LogP contribution >= 0.6 is 0 Å². The average molecular weight is 173 g/mol. The molecule has 0 radical (unpaired) electrons. The molecule has 0 N–H and O–H groups in total. The zero-order valence-corrected chi connectivity index (χ0v) is 9.96. The Morgan fingerprint density at radius 2 is 1.80 bits per heavy atom. The highest BCUT2D eigenvalue weighted by molar-refractivity contribution is 6.86. The molecule has 0 aliphatic carbocycles. The molecule has 0 saturated heterocycles. The number of nitrogens with zero attached hydrogens (tertiary/aromatic N) is 1. The van der Waals surface area contributed by atoms with Crippen molar-refractivity contribution >= 4 is 17.2 Å². The van der Waals surface area contributed by atoms with Crippen molar-refractivity contribution in [2.75, 3.05) is 7.05 Å². The van der Waals surface area contributed by atoms with Gasteiger partial charge in [0.25, 0.3) is 0 Å². The van der Waals surface area contributed by atoms with Gasteiger partial charge in [0, 0.05) is 0 Å². The molecule has 0 aliphatic heterocycles. The topological polar surface area (TPSA) is 3.24 Å². The van der Waals surface area contributed by atoms with E-state index in [-0.39, 0.29) is 0 Å². The lowest BCUT2D eigenvalue weighted by Crippen LogP contribution is -2.50. The summed E-state index contributed by atoms with van der Waals surface area (Å²) in [7, 11) is 0.473. The Kier molecular flexibility index (Phi) is 3.55. The summed E-state index contributed by atoms with van der Waals surface area (Å²) < 4.78 is 2.57. The van der Waals surface area contributed by atoms with Crippen molar-refractivity contribution in [1.29, 1.82) is 0 Å². The van der Waals surface area contributed by atoms with Gasteiger partial charge < -0.3 is 4.23 Å². The van der Waals surface area contributed by atoms with Crippen molar-refractivity contribution in [2.24, 2.45) is 0 Å². The molecule has 0 atom stereocenters. The van der Waals surface area contributed by atoms with Gasteiger partial charge in [-0.1, -0.05) is 31.9 Å². The van der Waals surface area contributed by atoms with Crippen LogP contribution in [-0.2, 0) is 0 Å². The molecule has 0 bridgehead atoms. The maximum Gasteiger partial charge on any atom is 0.139 e. The van der Waals surface area contributed by atoms with E-state index in [2.05, 4.69) is 49.7 Å². The molecule has 3 heteroatoms. The summed E-state index contributed by atoms with van der Waals surface area (Å²) in [6, 6.07) is 0. The highest BCUT2D eigenvalue weighted by Gasteiger charge is 2.24. The molecule has 0 aromatic carbocycles. The first-order valence-electron chi connectivity index (χ1n) is 3.78. The first-order chi connectivity index (χ1) is 4.41. The molecule has 0 unspecified atom stereocenters. The van der Waals surface area contributed by atoms with E-state index in [0.29, 0.717) is 0 Å². The molecule has 0 saturated carbocycles. The average Bonchev–Trinajstić information content (AvgIpc) is 1.86. The van der Waals surface area contributed by atoms with Crippen LogP contribution in [0.4, 0.5) is 0 Å². The van der Waals surface area contributed by atoms with Gasteiger partial charge in [0.2, 0.25) is 0 Å². The molecule has 60 valence electrons. The van der Waals surface area contributed by atoms with Gasteiger partial charge in [-0.25, -0.2) is 0 Å². The SMILES string of the molecule is C=C[Si](C)(C)N(C)[SiH](C)C. The van der Waals surface area contributed by atoms with E-state index in [1.165, 1.54) is 0 Å². The van der Waals surface area contributed by atoms with Crippen LogP contribution in [0.5, 0.6) is 0 Å². The van der Waals surface area contributed by atoms with Crippen LogP contribution in [0.3, 0.4) is 0 Å². The lowest BCUT2D eigenvalue weighted by Gasteiger charge is -2.33. The van der Waals surface area contributed by atoms with E-state index in [0.717, 1.165) is 0 Å². The smallest absolute Gasteiger partial charge is 0.139 e. The number of rotatable bonds is 3. The second-order valence-corrected chi connectivity index (χ2v) is 11.5. The van der Waals surface area contributed by atoms with Gasteiger partial charge in [0.05, 0.1) is 8.96 Å². The predicted molar refractivity (Wildman–Crippen MR) is 54.3 cm³/mol. The predicted octanol–water partition coefficient (Wildman–Crippen LogP) is 1.83. The van der Waals surface area contributed by atoms with Gasteiger partial charge in [0.15, 0.2) is 0 Å². The van der Waals surface area contributed by atoms with E-state index >= 15 is 0 Å². The highest BCUT2D eigenvalue weighted by Crippen LogP contribution is 2.09. The zero-order chi connectivity index (χ0) is 8.36. The summed E-state index contributed by atoms with van der Waals surface area (Å²) in [5, 5.41) is 0. The first kappa shape index (κ1) is 10.1. The minimum Gasteiger partial charge on any atom is -0.348 e. The molecule has 0 rings (SSSR count). The summed E-state index contributed by atoms with van der Waals surface area (Å²) in [5.41, 5.74) is 2.15. The Hall–Kier alpha value is 0.134. The van der Waals surface area contributed by atoms with Gasteiger partial charge in [-0.2, -0.15) is 0 Å². The third-order valence-corrected chi connectivity index (χ3v) is 10.1. The second-order valence-electron chi connectivity index (χ2n) is 3.56. The Morgan fingerprint density at radius 1 is 1.40 bits per heavy atom. The lowest BCUT2D eigenvalue weighted by atomic mass is 11.3. The van der Waals surface area contributed by atoms with Crippen LogP contribution in [0, 0.1) is 0 Å². The van der Waals surface area contributed by atoms with E-state index in [1.807, 2.05) is 0 Å². The Labute approximate surface area is 67.5 Å². The third-order valence-electron chi connectivity index (χ3n) is 2.18. The number of hydrogen-bond donors (Lipinski definition) is 0. The van der Waals surface area contributed by atoms with Crippen LogP contribution in [-0.4, -0.2) is 28.5 Å². The molecule has 0 aromatic heterocycles. The summed E-state index contributed by atoms with van der Waals surface area (Å²) in [4.78, 5) is 0. The lowest BCUT2D eigenvalue weighted by molar-refractivity contribution is 0.791. The standard InChI is InChI=1S/C7H19NSi2/c1-7-10(5,6)8(2)9(3)4/h7,9H,1H2,2-6H3. The van der Waals surface area contributed by atoms with Crippen LogP contribution in [0.15, 0.2) is 12.3 Å².